The van der Waals surface area contributed by atoms with Gasteiger partial charge in [-0.2, -0.15) is 5.10 Å². The molecule has 2 amide bonds. The predicted octanol–water partition coefficient (Wildman–Crippen LogP) is 5.47. The Kier molecular flexibility index (Phi) is 7.98. The molecule has 2 aromatic heterocycles. The number of pyridine rings is 1. The van der Waals surface area contributed by atoms with Crippen LogP contribution in [0.25, 0.3) is 22.2 Å². The Balaban J connectivity index is 1.38. The molecule has 44 heavy (non-hydrogen) atoms. The first-order chi connectivity index (χ1) is 21.0. The summed E-state index contributed by atoms with van der Waals surface area (Å²) >= 11 is 12.3. The van der Waals surface area contributed by atoms with Gasteiger partial charge in [0.05, 0.1) is 41.4 Å². The van der Waals surface area contributed by atoms with E-state index in [2.05, 4.69) is 15.4 Å². The first-order valence-electron chi connectivity index (χ1n) is 14.3. The summed E-state index contributed by atoms with van der Waals surface area (Å²) in [6.45, 7) is 1.54. The SMILES string of the molecule is CCOc1c(CC(N)=O)cc([C@@](O)(CNC(=O)c2cc(Cl)c3nn(C4CC4)cc3c2)C2CC2)nc1-c1cc(F)c(Cl)cc1F. The lowest BCUT2D eigenvalue weighted by Gasteiger charge is -2.30. The van der Waals surface area contributed by atoms with Crippen molar-refractivity contribution in [3.05, 3.63) is 75.0 Å². The number of nitrogens with two attached hydrogens (primary N) is 1. The third-order valence-corrected chi connectivity index (χ3v) is 8.52. The molecule has 4 aromatic rings. The number of carbonyl (C=O) groups is 2. The van der Waals surface area contributed by atoms with Crippen molar-refractivity contribution in [3.8, 4) is 17.0 Å². The van der Waals surface area contributed by atoms with E-state index >= 15 is 4.39 Å². The van der Waals surface area contributed by atoms with E-state index in [0.29, 0.717) is 29.4 Å². The molecule has 2 aromatic carbocycles. The van der Waals surface area contributed by atoms with Crippen LogP contribution < -0.4 is 15.8 Å². The molecule has 6 rings (SSSR count). The highest BCUT2D eigenvalue weighted by Crippen LogP contribution is 2.47. The lowest BCUT2D eigenvalue weighted by Crippen LogP contribution is -2.43. The van der Waals surface area contributed by atoms with E-state index in [0.717, 1.165) is 30.4 Å². The van der Waals surface area contributed by atoms with Crippen LogP contribution >= 0.6 is 23.2 Å². The number of hydrogen-bond donors (Lipinski definition) is 3. The molecule has 9 nitrogen and oxygen atoms in total. The second-order valence-electron chi connectivity index (χ2n) is 11.3. The number of nitrogens with zero attached hydrogens (tertiary/aromatic N) is 3. The summed E-state index contributed by atoms with van der Waals surface area (Å²) in [5, 5.41) is 20.0. The number of rotatable bonds is 11. The van der Waals surface area contributed by atoms with Crippen LogP contribution in [0.4, 0.5) is 8.78 Å². The molecule has 0 aliphatic heterocycles. The normalized spacial score (nSPS) is 16.1. The number of fused-ring (bicyclic) bond motifs is 1. The van der Waals surface area contributed by atoms with Gasteiger partial charge in [0, 0.05) is 28.3 Å². The first kappa shape index (κ1) is 30.2. The van der Waals surface area contributed by atoms with Crippen molar-refractivity contribution in [1.29, 1.82) is 0 Å². The lowest BCUT2D eigenvalue weighted by molar-refractivity contribution is -0.117. The van der Waals surface area contributed by atoms with Gasteiger partial charge in [-0.3, -0.25) is 14.3 Å². The molecular formula is C31H29Cl2F2N5O4. The summed E-state index contributed by atoms with van der Waals surface area (Å²) in [6.07, 6.45) is 4.88. The zero-order valence-electron chi connectivity index (χ0n) is 23.7. The molecule has 230 valence electrons. The number of primary amides is 1. The fourth-order valence-corrected chi connectivity index (χ4v) is 5.82. The van der Waals surface area contributed by atoms with Gasteiger partial charge in [-0.25, -0.2) is 13.8 Å². The van der Waals surface area contributed by atoms with Crippen molar-refractivity contribution in [2.75, 3.05) is 13.2 Å². The number of amides is 2. The fraction of sp³-hybridized carbons (Fsp3) is 0.355. The van der Waals surface area contributed by atoms with Crippen LogP contribution in [0, 0.1) is 17.6 Å². The second kappa shape index (κ2) is 11.6. The van der Waals surface area contributed by atoms with Crippen LogP contribution in [0.2, 0.25) is 10.0 Å². The average Bonchev–Trinajstić information content (AvgIpc) is 3.91. The van der Waals surface area contributed by atoms with E-state index in [1.54, 1.807) is 13.0 Å². The molecule has 2 aliphatic rings. The highest BCUT2D eigenvalue weighted by Gasteiger charge is 2.47. The summed E-state index contributed by atoms with van der Waals surface area (Å²) in [4.78, 5) is 30.0. The zero-order valence-corrected chi connectivity index (χ0v) is 25.2. The number of halogens is 4. The number of nitrogens with one attached hydrogen (secondary N) is 1. The fourth-order valence-electron chi connectivity index (χ4n) is 5.41. The van der Waals surface area contributed by atoms with Crippen molar-refractivity contribution in [2.24, 2.45) is 11.7 Å². The molecule has 0 unspecified atom stereocenters. The molecule has 2 saturated carbocycles. The Morgan fingerprint density at radius 3 is 2.52 bits per heavy atom. The second-order valence-corrected chi connectivity index (χ2v) is 12.1. The topological polar surface area (TPSA) is 132 Å². The van der Waals surface area contributed by atoms with Crippen molar-refractivity contribution < 1.29 is 28.2 Å². The van der Waals surface area contributed by atoms with Gasteiger partial charge >= 0.3 is 0 Å². The summed E-state index contributed by atoms with van der Waals surface area (Å²) in [6, 6.07) is 6.71. The van der Waals surface area contributed by atoms with Gasteiger partial charge < -0.3 is 20.9 Å². The maximum absolute atomic E-state index is 15.2. The van der Waals surface area contributed by atoms with Crippen LogP contribution in [-0.4, -0.2) is 44.8 Å². The minimum absolute atomic E-state index is 0.0209. The smallest absolute Gasteiger partial charge is 0.251 e. The van der Waals surface area contributed by atoms with E-state index < -0.39 is 34.1 Å². The molecule has 0 saturated heterocycles. The number of benzene rings is 2. The molecule has 13 heteroatoms. The Labute approximate surface area is 261 Å². The number of ether oxygens (including phenoxy) is 1. The van der Waals surface area contributed by atoms with Crippen LogP contribution in [0.3, 0.4) is 0 Å². The number of aliphatic hydroxyl groups is 1. The summed E-state index contributed by atoms with van der Waals surface area (Å²) in [7, 11) is 0. The zero-order chi connectivity index (χ0) is 31.3. The maximum atomic E-state index is 15.2. The van der Waals surface area contributed by atoms with Gasteiger partial charge in [-0.05, 0) is 68.9 Å². The summed E-state index contributed by atoms with van der Waals surface area (Å²) in [5.74, 6) is -3.26. The minimum Gasteiger partial charge on any atom is -0.491 e. The number of hydrogen-bond acceptors (Lipinski definition) is 6. The molecular weight excluding hydrogens is 615 g/mol. The molecule has 1 atom stereocenters. The first-order valence-corrected chi connectivity index (χ1v) is 15.0. The average molecular weight is 645 g/mol. The van der Waals surface area contributed by atoms with Crippen molar-refractivity contribution >= 4 is 45.9 Å². The molecule has 0 bridgehead atoms. The Morgan fingerprint density at radius 1 is 1.11 bits per heavy atom. The van der Waals surface area contributed by atoms with Crippen molar-refractivity contribution in [2.45, 2.75) is 50.7 Å². The van der Waals surface area contributed by atoms with E-state index in [-0.39, 0.29) is 59.3 Å². The Hall–Kier alpha value is -3.80. The standard InChI is InChI=1S/C31H29Cl2F2N5O4/c1-2-44-29-15(10-26(36)41)9-25(38-28(29)20-11-24(35)21(32)12-23(20)34)31(43,18-3-4-18)14-37-30(42)16-7-17-13-40(19-5-6-19)39-27(17)22(33)8-16/h7-9,11-13,18-19,43H,2-6,10,14H2,1H3,(H2,36,41)(H,37,42)/t31-/m1/s1. The summed E-state index contributed by atoms with van der Waals surface area (Å²) < 4.78 is 37.3. The van der Waals surface area contributed by atoms with Crippen molar-refractivity contribution in [1.82, 2.24) is 20.1 Å². The Bertz CT molecular complexity index is 1810. The van der Waals surface area contributed by atoms with E-state index in [9.17, 15) is 19.1 Å². The molecule has 2 fully saturated rings. The van der Waals surface area contributed by atoms with E-state index in [4.69, 9.17) is 33.7 Å². The van der Waals surface area contributed by atoms with Gasteiger partial charge in [-0.1, -0.05) is 23.2 Å². The van der Waals surface area contributed by atoms with E-state index in [1.165, 1.54) is 12.1 Å². The van der Waals surface area contributed by atoms with Gasteiger partial charge in [0.1, 0.15) is 34.2 Å². The van der Waals surface area contributed by atoms with Crippen LogP contribution in [0.15, 0.2) is 36.5 Å². The molecule has 4 N–H and O–H groups in total. The predicted molar refractivity (Wildman–Crippen MR) is 161 cm³/mol. The van der Waals surface area contributed by atoms with Crippen LogP contribution in [0.5, 0.6) is 5.75 Å². The minimum atomic E-state index is -1.73. The molecule has 0 spiro atoms. The van der Waals surface area contributed by atoms with Gasteiger partial charge in [0.15, 0.2) is 0 Å². The number of aromatic nitrogens is 3. The monoisotopic (exact) mass is 643 g/mol. The molecule has 0 radical (unpaired) electrons. The molecule has 2 aliphatic carbocycles. The third kappa shape index (κ3) is 5.83. The van der Waals surface area contributed by atoms with Crippen molar-refractivity contribution in [3.63, 3.8) is 0 Å². The van der Waals surface area contributed by atoms with Gasteiger partial charge in [0.2, 0.25) is 5.91 Å². The highest BCUT2D eigenvalue weighted by molar-refractivity contribution is 6.35. The van der Waals surface area contributed by atoms with Gasteiger partial charge in [-0.15, -0.1) is 0 Å². The van der Waals surface area contributed by atoms with Gasteiger partial charge in [0.25, 0.3) is 5.91 Å². The van der Waals surface area contributed by atoms with E-state index in [1.807, 2.05) is 10.9 Å². The molecule has 2 heterocycles. The Morgan fingerprint density at radius 2 is 1.86 bits per heavy atom. The largest absolute Gasteiger partial charge is 0.491 e. The quantitative estimate of drug-likeness (QED) is 0.186. The van der Waals surface area contributed by atoms with Crippen LogP contribution in [-0.2, 0) is 16.8 Å². The lowest BCUT2D eigenvalue weighted by atomic mass is 9.90. The number of carbonyl (C=O) groups excluding carboxylic acids is 2. The highest BCUT2D eigenvalue weighted by atomic mass is 35.5. The van der Waals surface area contributed by atoms with Crippen LogP contribution in [0.1, 0.15) is 60.3 Å². The summed E-state index contributed by atoms with van der Waals surface area (Å²) in [5.41, 5.74) is 4.53. The maximum Gasteiger partial charge on any atom is 0.251 e. The third-order valence-electron chi connectivity index (χ3n) is 7.95.